The molecule has 1 fully saturated rings. The van der Waals surface area contributed by atoms with Crippen LogP contribution in [0, 0.1) is 0 Å². The Morgan fingerprint density at radius 2 is 1.85 bits per heavy atom. The van der Waals surface area contributed by atoms with Crippen molar-refractivity contribution >= 4 is 11.6 Å². The summed E-state index contributed by atoms with van der Waals surface area (Å²) in [4.78, 5) is 24.6. The van der Waals surface area contributed by atoms with Crippen molar-refractivity contribution in [3.63, 3.8) is 0 Å². The maximum absolute atomic E-state index is 12.5. The van der Waals surface area contributed by atoms with Gasteiger partial charge in [0.25, 0.3) is 11.5 Å². The second kappa shape index (κ2) is 4.07. The van der Waals surface area contributed by atoms with Crippen LogP contribution in [-0.2, 0) is 23.2 Å². The molecule has 2 heterocycles. The molecule has 20 heavy (non-hydrogen) atoms. The fraction of sp³-hybridized carbons (Fsp3) is 0.643. The SMILES string of the molecule is O=C1NN=C2CCCCC12n1[nH]c(=O)c2c1CCCC2. The minimum Gasteiger partial charge on any atom is -0.270 e. The molecule has 6 nitrogen and oxygen atoms in total. The molecule has 0 saturated heterocycles. The summed E-state index contributed by atoms with van der Waals surface area (Å²) in [5.41, 5.74) is 4.61. The highest BCUT2D eigenvalue weighted by Gasteiger charge is 2.52. The summed E-state index contributed by atoms with van der Waals surface area (Å²) in [6.45, 7) is 0. The largest absolute Gasteiger partial charge is 0.273 e. The van der Waals surface area contributed by atoms with E-state index in [4.69, 9.17) is 0 Å². The molecule has 1 atom stereocenters. The molecule has 0 aromatic carbocycles. The molecule has 0 radical (unpaired) electrons. The van der Waals surface area contributed by atoms with Gasteiger partial charge in [0, 0.05) is 11.3 Å². The number of hydrogen-bond donors (Lipinski definition) is 2. The molecule has 2 N–H and O–H groups in total. The van der Waals surface area contributed by atoms with E-state index in [0.29, 0.717) is 0 Å². The van der Waals surface area contributed by atoms with Gasteiger partial charge < -0.3 is 0 Å². The molecular weight excluding hydrogens is 256 g/mol. The van der Waals surface area contributed by atoms with Crippen molar-refractivity contribution < 1.29 is 4.79 Å². The first kappa shape index (κ1) is 11.9. The molecule has 3 aliphatic rings. The number of amides is 1. The predicted molar refractivity (Wildman–Crippen MR) is 73.7 cm³/mol. The lowest BCUT2D eigenvalue weighted by molar-refractivity contribution is -0.126. The molecule has 1 aliphatic heterocycles. The number of H-pyrrole nitrogens is 1. The van der Waals surface area contributed by atoms with Crippen LogP contribution in [-0.4, -0.2) is 21.4 Å². The van der Waals surface area contributed by atoms with E-state index in [9.17, 15) is 9.59 Å². The van der Waals surface area contributed by atoms with Crippen LogP contribution < -0.4 is 11.0 Å². The molecule has 2 aliphatic carbocycles. The smallest absolute Gasteiger partial charge is 0.270 e. The molecule has 1 aromatic heterocycles. The maximum Gasteiger partial charge on any atom is 0.273 e. The van der Waals surface area contributed by atoms with Crippen molar-refractivity contribution in [1.82, 2.24) is 15.2 Å². The van der Waals surface area contributed by atoms with Gasteiger partial charge in [-0.3, -0.25) is 19.4 Å². The van der Waals surface area contributed by atoms with E-state index in [0.717, 1.165) is 68.3 Å². The van der Waals surface area contributed by atoms with Crippen LogP contribution in [0.15, 0.2) is 9.90 Å². The topological polar surface area (TPSA) is 79.2 Å². The lowest BCUT2D eigenvalue weighted by Crippen LogP contribution is -2.51. The number of rotatable bonds is 1. The van der Waals surface area contributed by atoms with E-state index >= 15 is 0 Å². The number of fused-ring (bicyclic) bond motifs is 2. The predicted octanol–water partition coefficient (Wildman–Crippen LogP) is 0.810. The van der Waals surface area contributed by atoms with Crippen LogP contribution in [0.4, 0.5) is 0 Å². The van der Waals surface area contributed by atoms with E-state index in [2.05, 4.69) is 15.6 Å². The van der Waals surface area contributed by atoms with Crippen molar-refractivity contribution in [1.29, 1.82) is 0 Å². The molecule has 1 aromatic rings. The van der Waals surface area contributed by atoms with Crippen LogP contribution >= 0.6 is 0 Å². The molecule has 4 rings (SSSR count). The van der Waals surface area contributed by atoms with Gasteiger partial charge >= 0.3 is 0 Å². The molecule has 1 unspecified atom stereocenters. The van der Waals surface area contributed by atoms with Crippen LogP contribution in [0.2, 0.25) is 0 Å². The van der Waals surface area contributed by atoms with E-state index in [1.165, 1.54) is 0 Å². The Morgan fingerprint density at radius 1 is 1.05 bits per heavy atom. The average Bonchev–Trinajstić information content (AvgIpc) is 3.00. The Bertz CT molecular complexity index is 669. The van der Waals surface area contributed by atoms with Crippen LogP contribution in [0.5, 0.6) is 0 Å². The lowest BCUT2D eigenvalue weighted by atomic mass is 9.79. The van der Waals surface area contributed by atoms with Crippen molar-refractivity contribution in [2.75, 3.05) is 0 Å². The first-order valence-electron chi connectivity index (χ1n) is 7.44. The van der Waals surface area contributed by atoms with Gasteiger partial charge in [-0.15, -0.1) is 0 Å². The first-order valence-corrected chi connectivity index (χ1v) is 7.44. The standard InChI is InChI=1S/C14H18N4O2/c19-12-9-5-1-2-6-10(9)18(17-12)14-8-4-3-7-11(14)15-16-13(14)20/h1-8H2,(H,16,20)(H,17,19). The third-order valence-corrected chi connectivity index (χ3v) is 4.93. The summed E-state index contributed by atoms with van der Waals surface area (Å²) < 4.78 is 1.85. The number of hydrazone groups is 1. The van der Waals surface area contributed by atoms with Crippen LogP contribution in [0.1, 0.15) is 49.8 Å². The Labute approximate surface area is 116 Å². The van der Waals surface area contributed by atoms with E-state index in [1.807, 2.05) is 4.68 Å². The second-order valence-electron chi connectivity index (χ2n) is 5.98. The highest BCUT2D eigenvalue weighted by atomic mass is 16.2. The Hall–Kier alpha value is -1.85. The van der Waals surface area contributed by atoms with E-state index in [-0.39, 0.29) is 11.5 Å². The summed E-state index contributed by atoms with van der Waals surface area (Å²) in [6, 6.07) is 0. The monoisotopic (exact) mass is 274 g/mol. The average molecular weight is 274 g/mol. The van der Waals surface area contributed by atoms with E-state index < -0.39 is 5.54 Å². The molecule has 0 bridgehead atoms. The molecule has 106 valence electrons. The molecule has 0 spiro atoms. The van der Waals surface area contributed by atoms with Gasteiger partial charge in [-0.2, -0.15) is 5.10 Å². The third-order valence-electron chi connectivity index (χ3n) is 4.93. The highest BCUT2D eigenvalue weighted by molar-refractivity contribution is 6.14. The maximum atomic E-state index is 12.5. The van der Waals surface area contributed by atoms with Gasteiger partial charge in [0.05, 0.1) is 5.71 Å². The van der Waals surface area contributed by atoms with Crippen molar-refractivity contribution in [2.24, 2.45) is 5.10 Å². The number of hydrogen-bond acceptors (Lipinski definition) is 3. The van der Waals surface area contributed by atoms with Gasteiger partial charge in [0.1, 0.15) is 0 Å². The fourth-order valence-corrected chi connectivity index (χ4v) is 3.91. The highest BCUT2D eigenvalue weighted by Crippen LogP contribution is 2.37. The van der Waals surface area contributed by atoms with Crippen LogP contribution in [0.3, 0.4) is 0 Å². The van der Waals surface area contributed by atoms with Crippen molar-refractivity contribution in [3.8, 4) is 0 Å². The number of carbonyl (C=O) groups excluding carboxylic acids is 1. The summed E-state index contributed by atoms with van der Waals surface area (Å²) in [6.07, 6.45) is 7.43. The first-order chi connectivity index (χ1) is 9.73. The number of nitrogens with zero attached hydrogens (tertiary/aromatic N) is 2. The number of aromatic nitrogens is 2. The Balaban J connectivity index is 1.93. The number of aromatic amines is 1. The van der Waals surface area contributed by atoms with Crippen molar-refractivity contribution in [3.05, 3.63) is 21.6 Å². The summed E-state index contributed by atoms with van der Waals surface area (Å²) in [5, 5.41) is 7.16. The molecule has 1 amide bonds. The van der Waals surface area contributed by atoms with Crippen LogP contribution in [0.25, 0.3) is 0 Å². The normalized spacial score (nSPS) is 28.6. The van der Waals surface area contributed by atoms with Gasteiger partial charge in [0.2, 0.25) is 0 Å². The third kappa shape index (κ3) is 1.36. The Morgan fingerprint density at radius 3 is 2.75 bits per heavy atom. The van der Waals surface area contributed by atoms with Gasteiger partial charge in [-0.25, -0.2) is 5.43 Å². The lowest BCUT2D eigenvalue weighted by Gasteiger charge is -2.34. The van der Waals surface area contributed by atoms with Gasteiger partial charge in [0.15, 0.2) is 5.54 Å². The number of carbonyl (C=O) groups is 1. The zero-order chi connectivity index (χ0) is 13.7. The van der Waals surface area contributed by atoms with Gasteiger partial charge in [-0.1, -0.05) is 0 Å². The summed E-state index contributed by atoms with van der Waals surface area (Å²) in [7, 11) is 0. The van der Waals surface area contributed by atoms with Crippen molar-refractivity contribution in [2.45, 2.75) is 56.9 Å². The minimum absolute atomic E-state index is 0.0290. The minimum atomic E-state index is -0.762. The second-order valence-corrected chi connectivity index (χ2v) is 5.98. The Kier molecular flexibility index (Phi) is 2.43. The molecule has 1 saturated carbocycles. The van der Waals surface area contributed by atoms with Gasteiger partial charge in [-0.05, 0) is 51.4 Å². The summed E-state index contributed by atoms with van der Waals surface area (Å²) in [5.74, 6) is -0.0909. The zero-order valence-corrected chi connectivity index (χ0v) is 11.4. The summed E-state index contributed by atoms with van der Waals surface area (Å²) >= 11 is 0. The molecular formula is C14H18N4O2. The van der Waals surface area contributed by atoms with E-state index in [1.54, 1.807) is 0 Å². The quantitative estimate of drug-likeness (QED) is 0.795. The zero-order valence-electron chi connectivity index (χ0n) is 11.4. The number of nitrogens with one attached hydrogen (secondary N) is 2. The fourth-order valence-electron chi connectivity index (χ4n) is 3.91. The molecule has 6 heteroatoms.